The molecule has 2 heterocycles. The molecule has 0 aromatic carbocycles. The first-order valence-electron chi connectivity index (χ1n) is 6.41. The maximum atomic E-state index is 6.19. The van der Waals surface area contributed by atoms with E-state index in [4.69, 9.17) is 11.6 Å². The Hall–Kier alpha value is 0.130. The summed E-state index contributed by atoms with van der Waals surface area (Å²) in [5.74, 6) is 0. The van der Waals surface area contributed by atoms with Crippen LogP contribution in [0.5, 0.6) is 0 Å². The molecule has 0 aliphatic heterocycles. The Labute approximate surface area is 136 Å². The van der Waals surface area contributed by atoms with Crippen LogP contribution in [0.1, 0.15) is 41.6 Å². The zero-order valence-corrected chi connectivity index (χ0v) is 15.0. The highest BCUT2D eigenvalue weighted by molar-refractivity contribution is 9.10. The molecule has 0 bridgehead atoms. The normalized spacial score (nSPS) is 12.8. The Bertz CT molecular complexity index is 516. The predicted molar refractivity (Wildman–Crippen MR) is 90.9 cm³/mol. The van der Waals surface area contributed by atoms with Crippen LogP contribution in [0.4, 0.5) is 0 Å². The van der Waals surface area contributed by atoms with E-state index in [1.165, 1.54) is 15.3 Å². The van der Waals surface area contributed by atoms with Gasteiger partial charge in [0.15, 0.2) is 0 Å². The van der Waals surface area contributed by atoms with Crippen LogP contribution in [0.15, 0.2) is 22.0 Å². The fourth-order valence-electron chi connectivity index (χ4n) is 2.01. The van der Waals surface area contributed by atoms with Gasteiger partial charge in [-0.15, -0.1) is 22.7 Å². The molecule has 0 saturated carbocycles. The zero-order valence-electron chi connectivity index (χ0n) is 11.0. The third-order valence-corrected chi connectivity index (χ3v) is 6.53. The molecule has 1 nitrogen and oxygen atoms in total. The summed E-state index contributed by atoms with van der Waals surface area (Å²) in [6.45, 7) is 5.41. The molecular formula is C14H17BrClNS2. The van der Waals surface area contributed by atoms with Crippen molar-refractivity contribution in [1.29, 1.82) is 0 Å². The number of halogens is 2. The first-order valence-corrected chi connectivity index (χ1v) is 9.28. The lowest BCUT2D eigenvalue weighted by Gasteiger charge is -2.17. The Balaban J connectivity index is 2.35. The molecule has 0 radical (unpaired) electrons. The van der Waals surface area contributed by atoms with Crippen molar-refractivity contribution in [1.82, 2.24) is 5.32 Å². The first-order chi connectivity index (χ1) is 9.17. The number of hydrogen-bond acceptors (Lipinski definition) is 3. The largest absolute Gasteiger partial charge is 0.305 e. The van der Waals surface area contributed by atoms with Crippen LogP contribution in [0.2, 0.25) is 4.34 Å². The molecular weight excluding hydrogens is 362 g/mol. The van der Waals surface area contributed by atoms with Gasteiger partial charge in [-0.05, 0) is 58.4 Å². The van der Waals surface area contributed by atoms with E-state index in [1.54, 1.807) is 11.3 Å². The standard InChI is InChI=1S/C14H17BrClNS2/c1-3-6-17-12(11-8-10(15)14(16)19-11)13-9(4-2)5-7-18-13/h5,7-8,12,17H,3-4,6H2,1-2H3. The van der Waals surface area contributed by atoms with Crippen molar-refractivity contribution in [3.63, 3.8) is 0 Å². The van der Waals surface area contributed by atoms with E-state index < -0.39 is 0 Å². The molecule has 104 valence electrons. The molecule has 1 atom stereocenters. The molecule has 2 aromatic rings. The van der Waals surface area contributed by atoms with Crippen LogP contribution in [-0.2, 0) is 6.42 Å². The molecule has 0 spiro atoms. The van der Waals surface area contributed by atoms with E-state index in [9.17, 15) is 0 Å². The average Bonchev–Trinajstić information content (AvgIpc) is 2.98. The third kappa shape index (κ3) is 3.61. The highest BCUT2D eigenvalue weighted by Crippen LogP contribution is 2.39. The predicted octanol–water partition coefficient (Wildman–Crippen LogP) is 5.88. The van der Waals surface area contributed by atoms with Crippen molar-refractivity contribution in [3.05, 3.63) is 41.6 Å². The molecule has 2 rings (SSSR count). The third-order valence-electron chi connectivity index (χ3n) is 2.97. The second kappa shape index (κ2) is 7.23. The Morgan fingerprint density at radius 3 is 2.79 bits per heavy atom. The van der Waals surface area contributed by atoms with Crippen LogP contribution >= 0.6 is 50.2 Å². The molecule has 0 fully saturated rings. The molecule has 5 heteroatoms. The van der Waals surface area contributed by atoms with Gasteiger partial charge in [0.25, 0.3) is 0 Å². The quantitative estimate of drug-likeness (QED) is 0.662. The van der Waals surface area contributed by atoms with Crippen molar-refractivity contribution < 1.29 is 0 Å². The fourth-order valence-corrected chi connectivity index (χ4v) is 5.00. The summed E-state index contributed by atoms with van der Waals surface area (Å²) in [5, 5.41) is 5.82. The van der Waals surface area contributed by atoms with Crippen LogP contribution in [0.3, 0.4) is 0 Å². The minimum absolute atomic E-state index is 0.267. The summed E-state index contributed by atoms with van der Waals surface area (Å²) in [6, 6.07) is 4.63. The van der Waals surface area contributed by atoms with Gasteiger partial charge in [-0.2, -0.15) is 0 Å². The van der Waals surface area contributed by atoms with Gasteiger partial charge in [-0.1, -0.05) is 25.4 Å². The van der Waals surface area contributed by atoms with Gasteiger partial charge in [0, 0.05) is 14.2 Å². The van der Waals surface area contributed by atoms with Crippen molar-refractivity contribution in [2.45, 2.75) is 32.7 Å². The van der Waals surface area contributed by atoms with Gasteiger partial charge in [-0.25, -0.2) is 0 Å². The van der Waals surface area contributed by atoms with E-state index in [0.717, 1.165) is 28.2 Å². The number of nitrogens with one attached hydrogen (secondary N) is 1. The Kier molecular flexibility index (Phi) is 5.90. The molecule has 2 aromatic heterocycles. The van der Waals surface area contributed by atoms with Crippen LogP contribution < -0.4 is 5.32 Å². The van der Waals surface area contributed by atoms with Gasteiger partial charge < -0.3 is 5.32 Å². The molecule has 0 aliphatic rings. The summed E-state index contributed by atoms with van der Waals surface area (Å²) in [7, 11) is 0. The number of aryl methyl sites for hydroxylation is 1. The molecule has 0 amide bonds. The summed E-state index contributed by atoms with van der Waals surface area (Å²) < 4.78 is 1.82. The van der Waals surface area contributed by atoms with E-state index in [1.807, 2.05) is 11.3 Å². The molecule has 1 N–H and O–H groups in total. The van der Waals surface area contributed by atoms with Crippen LogP contribution in [-0.4, -0.2) is 6.54 Å². The highest BCUT2D eigenvalue weighted by atomic mass is 79.9. The van der Waals surface area contributed by atoms with Gasteiger partial charge in [0.05, 0.1) is 6.04 Å². The lowest BCUT2D eigenvalue weighted by molar-refractivity contribution is 0.610. The Morgan fingerprint density at radius 2 is 2.21 bits per heavy atom. The van der Waals surface area contributed by atoms with Gasteiger partial charge in [0.1, 0.15) is 4.34 Å². The summed E-state index contributed by atoms with van der Waals surface area (Å²) in [6.07, 6.45) is 2.20. The van der Waals surface area contributed by atoms with E-state index in [0.29, 0.717) is 0 Å². The molecule has 1 unspecified atom stereocenters. The van der Waals surface area contributed by atoms with Crippen molar-refractivity contribution in [2.24, 2.45) is 0 Å². The maximum absolute atomic E-state index is 6.19. The van der Waals surface area contributed by atoms with Crippen LogP contribution in [0.25, 0.3) is 0 Å². The van der Waals surface area contributed by atoms with Crippen molar-refractivity contribution in [3.8, 4) is 0 Å². The first kappa shape index (κ1) is 15.5. The second-order valence-electron chi connectivity index (χ2n) is 4.32. The molecule has 0 aliphatic carbocycles. The van der Waals surface area contributed by atoms with Gasteiger partial charge in [0.2, 0.25) is 0 Å². The van der Waals surface area contributed by atoms with Crippen molar-refractivity contribution >= 4 is 50.2 Å². The lowest BCUT2D eigenvalue weighted by Crippen LogP contribution is -2.22. The molecule has 0 saturated heterocycles. The monoisotopic (exact) mass is 377 g/mol. The smallest absolute Gasteiger partial charge is 0.107 e. The van der Waals surface area contributed by atoms with E-state index >= 15 is 0 Å². The zero-order chi connectivity index (χ0) is 13.8. The fraction of sp³-hybridized carbons (Fsp3) is 0.429. The summed E-state index contributed by atoms with van der Waals surface area (Å²) >= 11 is 13.2. The minimum atomic E-state index is 0.267. The van der Waals surface area contributed by atoms with E-state index in [2.05, 4.69) is 52.6 Å². The summed E-state index contributed by atoms with van der Waals surface area (Å²) in [5.41, 5.74) is 1.43. The van der Waals surface area contributed by atoms with Gasteiger partial charge in [-0.3, -0.25) is 0 Å². The molecule has 19 heavy (non-hydrogen) atoms. The highest BCUT2D eigenvalue weighted by Gasteiger charge is 2.20. The number of rotatable bonds is 6. The summed E-state index contributed by atoms with van der Waals surface area (Å²) in [4.78, 5) is 2.70. The van der Waals surface area contributed by atoms with Crippen LogP contribution in [0, 0.1) is 0 Å². The maximum Gasteiger partial charge on any atom is 0.107 e. The van der Waals surface area contributed by atoms with Crippen molar-refractivity contribution in [2.75, 3.05) is 6.54 Å². The van der Waals surface area contributed by atoms with Gasteiger partial charge >= 0.3 is 0 Å². The SMILES string of the molecule is CCCNC(c1cc(Br)c(Cl)s1)c1sccc1CC. The number of hydrogen-bond donors (Lipinski definition) is 1. The van der Waals surface area contributed by atoms with E-state index in [-0.39, 0.29) is 6.04 Å². The topological polar surface area (TPSA) is 12.0 Å². The lowest BCUT2D eigenvalue weighted by atomic mass is 10.1. The number of thiophene rings is 2. The minimum Gasteiger partial charge on any atom is -0.305 e. The Morgan fingerprint density at radius 1 is 1.42 bits per heavy atom. The second-order valence-corrected chi connectivity index (χ2v) is 7.81. The average molecular weight is 379 g/mol.